The summed E-state index contributed by atoms with van der Waals surface area (Å²) in [5.41, 5.74) is 3.87. The van der Waals surface area contributed by atoms with Gasteiger partial charge in [-0.1, -0.05) is 0 Å². The smallest absolute Gasteiger partial charge is 0.268 e. The third-order valence-electron chi connectivity index (χ3n) is 5.08. The van der Waals surface area contributed by atoms with E-state index in [1.165, 1.54) is 4.68 Å². The predicted molar refractivity (Wildman–Crippen MR) is 99.2 cm³/mol. The summed E-state index contributed by atoms with van der Waals surface area (Å²) in [5, 5.41) is 14.2. The SMILES string of the molecule is Cc1n[nH]c(C)c1CCC(=O)NC[C@H]1CCN(c2cnn(C)c(=O)c2)C1. The molecule has 1 amide bonds. The van der Waals surface area contributed by atoms with Crippen LogP contribution in [-0.2, 0) is 18.3 Å². The maximum Gasteiger partial charge on any atom is 0.268 e. The van der Waals surface area contributed by atoms with E-state index in [2.05, 4.69) is 25.5 Å². The number of aromatic amines is 1. The first kappa shape index (κ1) is 18.2. The van der Waals surface area contributed by atoms with E-state index in [0.29, 0.717) is 25.3 Å². The topological polar surface area (TPSA) is 95.9 Å². The van der Waals surface area contributed by atoms with Crippen molar-refractivity contribution in [3.63, 3.8) is 0 Å². The molecule has 2 aromatic rings. The molecule has 1 saturated heterocycles. The van der Waals surface area contributed by atoms with Gasteiger partial charge in [0.25, 0.3) is 5.56 Å². The Balaban J connectivity index is 1.44. The molecular weight excluding hydrogens is 332 g/mol. The minimum atomic E-state index is -0.107. The van der Waals surface area contributed by atoms with Gasteiger partial charge in [-0.15, -0.1) is 0 Å². The Hall–Kier alpha value is -2.64. The van der Waals surface area contributed by atoms with Gasteiger partial charge in [0.15, 0.2) is 0 Å². The highest BCUT2D eigenvalue weighted by molar-refractivity contribution is 5.76. The molecule has 3 rings (SSSR count). The Morgan fingerprint density at radius 2 is 2.23 bits per heavy atom. The number of nitrogens with zero attached hydrogens (tertiary/aromatic N) is 4. The molecule has 0 bridgehead atoms. The molecule has 1 aliphatic rings. The Labute approximate surface area is 152 Å². The monoisotopic (exact) mass is 358 g/mol. The molecule has 8 heteroatoms. The number of carbonyl (C=O) groups excluding carboxylic acids is 1. The average molecular weight is 358 g/mol. The van der Waals surface area contributed by atoms with E-state index in [4.69, 9.17) is 0 Å². The molecule has 26 heavy (non-hydrogen) atoms. The number of rotatable bonds is 6. The number of anilines is 1. The predicted octanol–water partition coefficient (Wildman–Crippen LogP) is 0.696. The van der Waals surface area contributed by atoms with Gasteiger partial charge in [-0.2, -0.15) is 10.2 Å². The standard InChI is InChI=1S/C18H26N6O2/c1-12-16(13(2)22-21-12)4-5-17(25)19-9-14-6-7-24(11-14)15-8-18(26)23(3)20-10-15/h8,10,14H,4-7,9,11H2,1-3H3,(H,19,25)(H,21,22)/t14-/m1/s1. The van der Waals surface area contributed by atoms with Gasteiger partial charge in [-0.05, 0) is 38.2 Å². The Kier molecular flexibility index (Phi) is 5.39. The van der Waals surface area contributed by atoms with Crippen LogP contribution >= 0.6 is 0 Å². The van der Waals surface area contributed by atoms with Crippen LogP contribution in [0.2, 0.25) is 0 Å². The summed E-state index contributed by atoms with van der Waals surface area (Å²) in [5.74, 6) is 0.458. The zero-order valence-corrected chi connectivity index (χ0v) is 15.6. The van der Waals surface area contributed by atoms with Crippen molar-refractivity contribution in [3.05, 3.63) is 39.6 Å². The summed E-state index contributed by atoms with van der Waals surface area (Å²) < 4.78 is 1.32. The molecule has 0 unspecified atom stereocenters. The zero-order chi connectivity index (χ0) is 18.7. The van der Waals surface area contributed by atoms with Crippen molar-refractivity contribution >= 4 is 11.6 Å². The molecule has 0 saturated carbocycles. The Morgan fingerprint density at radius 3 is 2.92 bits per heavy atom. The van der Waals surface area contributed by atoms with Gasteiger partial charge in [-0.25, -0.2) is 4.68 Å². The van der Waals surface area contributed by atoms with Crippen LogP contribution in [0.15, 0.2) is 17.1 Å². The lowest BCUT2D eigenvalue weighted by molar-refractivity contribution is -0.121. The van der Waals surface area contributed by atoms with Gasteiger partial charge in [0.1, 0.15) is 0 Å². The van der Waals surface area contributed by atoms with Crippen molar-refractivity contribution < 1.29 is 4.79 Å². The Bertz CT molecular complexity index is 821. The van der Waals surface area contributed by atoms with E-state index in [1.807, 2.05) is 13.8 Å². The normalized spacial score (nSPS) is 16.9. The lowest BCUT2D eigenvalue weighted by Gasteiger charge is -2.18. The fraction of sp³-hybridized carbons (Fsp3) is 0.556. The largest absolute Gasteiger partial charge is 0.370 e. The van der Waals surface area contributed by atoms with E-state index in [1.54, 1.807) is 19.3 Å². The molecule has 0 spiro atoms. The first-order valence-electron chi connectivity index (χ1n) is 8.99. The number of carbonyl (C=O) groups is 1. The molecule has 8 nitrogen and oxygen atoms in total. The number of aryl methyl sites for hydroxylation is 3. The number of nitrogens with one attached hydrogen (secondary N) is 2. The average Bonchev–Trinajstić information content (AvgIpc) is 3.21. The van der Waals surface area contributed by atoms with Crippen LogP contribution in [0.1, 0.15) is 29.8 Å². The molecule has 0 aliphatic carbocycles. The Morgan fingerprint density at radius 1 is 1.42 bits per heavy atom. The minimum absolute atomic E-state index is 0.0682. The third-order valence-corrected chi connectivity index (χ3v) is 5.08. The maximum atomic E-state index is 12.1. The van der Waals surface area contributed by atoms with Gasteiger partial charge < -0.3 is 10.2 Å². The molecular formula is C18H26N6O2. The zero-order valence-electron chi connectivity index (χ0n) is 15.6. The summed E-state index contributed by atoms with van der Waals surface area (Å²) in [7, 11) is 1.64. The minimum Gasteiger partial charge on any atom is -0.370 e. The van der Waals surface area contributed by atoms with Crippen LogP contribution < -0.4 is 15.8 Å². The van der Waals surface area contributed by atoms with Crippen LogP contribution in [0.3, 0.4) is 0 Å². The van der Waals surface area contributed by atoms with Crippen LogP contribution in [0, 0.1) is 19.8 Å². The summed E-state index contributed by atoms with van der Waals surface area (Å²) in [6.45, 7) is 6.30. The quantitative estimate of drug-likeness (QED) is 0.792. The van der Waals surface area contributed by atoms with Crippen molar-refractivity contribution in [2.45, 2.75) is 33.1 Å². The second-order valence-corrected chi connectivity index (χ2v) is 6.99. The fourth-order valence-electron chi connectivity index (χ4n) is 3.39. The molecule has 2 N–H and O–H groups in total. The summed E-state index contributed by atoms with van der Waals surface area (Å²) in [4.78, 5) is 26.0. The van der Waals surface area contributed by atoms with E-state index >= 15 is 0 Å². The molecule has 1 atom stereocenters. The van der Waals surface area contributed by atoms with Crippen LogP contribution in [0.4, 0.5) is 5.69 Å². The second-order valence-electron chi connectivity index (χ2n) is 6.99. The second kappa shape index (κ2) is 7.72. The van der Waals surface area contributed by atoms with Crippen molar-refractivity contribution in [3.8, 4) is 0 Å². The van der Waals surface area contributed by atoms with Crippen molar-refractivity contribution in [1.82, 2.24) is 25.3 Å². The van der Waals surface area contributed by atoms with Crippen LogP contribution in [0.5, 0.6) is 0 Å². The van der Waals surface area contributed by atoms with E-state index < -0.39 is 0 Å². The fourth-order valence-corrected chi connectivity index (χ4v) is 3.39. The highest BCUT2D eigenvalue weighted by Crippen LogP contribution is 2.21. The molecule has 0 radical (unpaired) electrons. The van der Waals surface area contributed by atoms with Gasteiger partial charge in [0.05, 0.1) is 17.6 Å². The molecule has 1 aliphatic heterocycles. The molecule has 3 heterocycles. The molecule has 0 aromatic carbocycles. The highest BCUT2D eigenvalue weighted by atomic mass is 16.1. The number of hydrogen-bond donors (Lipinski definition) is 2. The summed E-state index contributed by atoms with van der Waals surface area (Å²) in [6.07, 6.45) is 3.89. The number of aromatic nitrogens is 4. The summed E-state index contributed by atoms with van der Waals surface area (Å²) >= 11 is 0. The number of amides is 1. The summed E-state index contributed by atoms with van der Waals surface area (Å²) in [6, 6.07) is 1.61. The lowest BCUT2D eigenvalue weighted by atomic mass is 10.1. The van der Waals surface area contributed by atoms with E-state index in [9.17, 15) is 9.59 Å². The van der Waals surface area contributed by atoms with Crippen LogP contribution in [0.25, 0.3) is 0 Å². The number of hydrogen-bond acceptors (Lipinski definition) is 5. The third kappa shape index (κ3) is 4.12. The first-order chi connectivity index (χ1) is 12.4. The van der Waals surface area contributed by atoms with Crippen molar-refractivity contribution in [2.75, 3.05) is 24.5 Å². The van der Waals surface area contributed by atoms with Gasteiger partial charge in [0.2, 0.25) is 5.91 Å². The molecule has 1 fully saturated rings. The highest BCUT2D eigenvalue weighted by Gasteiger charge is 2.23. The lowest BCUT2D eigenvalue weighted by Crippen LogP contribution is -2.31. The molecule has 140 valence electrons. The van der Waals surface area contributed by atoms with Crippen molar-refractivity contribution in [1.29, 1.82) is 0 Å². The van der Waals surface area contributed by atoms with E-state index in [-0.39, 0.29) is 11.5 Å². The van der Waals surface area contributed by atoms with Crippen molar-refractivity contribution in [2.24, 2.45) is 13.0 Å². The van der Waals surface area contributed by atoms with Gasteiger partial charge >= 0.3 is 0 Å². The van der Waals surface area contributed by atoms with Crippen LogP contribution in [-0.4, -0.2) is 45.5 Å². The number of H-pyrrole nitrogens is 1. The maximum absolute atomic E-state index is 12.1. The van der Waals surface area contributed by atoms with Gasteiger partial charge in [-0.3, -0.25) is 14.7 Å². The van der Waals surface area contributed by atoms with E-state index in [0.717, 1.165) is 42.1 Å². The first-order valence-corrected chi connectivity index (χ1v) is 8.99. The molecule has 2 aromatic heterocycles. The van der Waals surface area contributed by atoms with Gasteiger partial charge in [0, 0.05) is 44.9 Å².